The van der Waals surface area contributed by atoms with E-state index in [1.807, 2.05) is 55.1 Å². The van der Waals surface area contributed by atoms with Gasteiger partial charge in [0.2, 0.25) is 0 Å². The number of piperazine rings is 1. The number of rotatable bonds is 7. The van der Waals surface area contributed by atoms with Crippen molar-refractivity contribution in [1.82, 2.24) is 19.8 Å². The second-order valence-corrected chi connectivity index (χ2v) is 10.7. The van der Waals surface area contributed by atoms with Crippen molar-refractivity contribution >= 4 is 22.7 Å². The largest absolute Gasteiger partial charge is 0.484 e. The molecule has 4 aromatic rings. The number of fused-ring (bicyclic) bond motifs is 1. The van der Waals surface area contributed by atoms with Gasteiger partial charge in [0, 0.05) is 43.7 Å². The van der Waals surface area contributed by atoms with Crippen LogP contribution in [0.2, 0.25) is 0 Å². The molecule has 3 aromatic carbocycles. The van der Waals surface area contributed by atoms with E-state index in [4.69, 9.17) is 9.72 Å². The van der Waals surface area contributed by atoms with Crippen molar-refractivity contribution in [1.29, 1.82) is 0 Å². The molecule has 202 valence electrons. The SMILES string of the molecule is Cc1ccc(CC(=O)c2ccc3nc(-c4c(C)cc(OCC(=O)N5CCN(C)CC5)cc4C)[nH]c3c2)cc1C. The highest BCUT2D eigenvalue weighted by atomic mass is 16.5. The minimum Gasteiger partial charge on any atom is -0.484 e. The summed E-state index contributed by atoms with van der Waals surface area (Å²) in [6.07, 6.45) is 0.366. The highest BCUT2D eigenvalue weighted by Gasteiger charge is 2.20. The molecule has 1 N–H and O–H groups in total. The molecule has 0 atom stereocenters. The Bertz CT molecular complexity index is 1520. The lowest BCUT2D eigenvalue weighted by atomic mass is 9.99. The minimum absolute atomic E-state index is 0.0163. The summed E-state index contributed by atoms with van der Waals surface area (Å²) in [7, 11) is 2.07. The summed E-state index contributed by atoms with van der Waals surface area (Å²) < 4.78 is 5.89. The number of hydrogen-bond acceptors (Lipinski definition) is 5. The molecule has 0 spiro atoms. The van der Waals surface area contributed by atoms with Crippen LogP contribution in [0.4, 0.5) is 0 Å². The van der Waals surface area contributed by atoms with Gasteiger partial charge in [-0.25, -0.2) is 4.98 Å². The molecular formula is C32H36N4O3. The lowest BCUT2D eigenvalue weighted by Crippen LogP contribution is -2.48. The number of aromatic nitrogens is 2. The summed E-state index contributed by atoms with van der Waals surface area (Å²) in [6.45, 7) is 11.5. The van der Waals surface area contributed by atoms with Gasteiger partial charge >= 0.3 is 0 Å². The number of benzene rings is 3. The third-order valence-corrected chi connectivity index (χ3v) is 7.70. The first-order chi connectivity index (χ1) is 18.7. The zero-order chi connectivity index (χ0) is 27.7. The molecule has 1 amide bonds. The summed E-state index contributed by atoms with van der Waals surface area (Å²) in [6, 6.07) is 15.7. The van der Waals surface area contributed by atoms with Crippen LogP contribution in [0, 0.1) is 27.7 Å². The Kier molecular flexibility index (Phi) is 7.53. The third-order valence-electron chi connectivity index (χ3n) is 7.70. The van der Waals surface area contributed by atoms with Crippen molar-refractivity contribution in [2.45, 2.75) is 34.1 Å². The fraction of sp³-hybridized carbons (Fsp3) is 0.344. The quantitative estimate of drug-likeness (QED) is 0.343. The Morgan fingerprint density at radius 3 is 2.28 bits per heavy atom. The highest BCUT2D eigenvalue weighted by Crippen LogP contribution is 2.31. The van der Waals surface area contributed by atoms with E-state index in [-0.39, 0.29) is 18.3 Å². The molecule has 1 fully saturated rings. The lowest BCUT2D eigenvalue weighted by molar-refractivity contribution is -0.134. The molecule has 1 aromatic heterocycles. The van der Waals surface area contributed by atoms with Crippen LogP contribution < -0.4 is 4.74 Å². The predicted octanol–water partition coefficient (Wildman–Crippen LogP) is 5.04. The monoisotopic (exact) mass is 524 g/mol. The number of Topliss-reactive ketones (excluding diaryl/α,β-unsaturated/α-hetero) is 1. The second-order valence-electron chi connectivity index (χ2n) is 10.7. The first kappa shape index (κ1) is 26.6. The summed E-state index contributed by atoms with van der Waals surface area (Å²) >= 11 is 0. The van der Waals surface area contributed by atoms with Gasteiger partial charge in [-0.3, -0.25) is 9.59 Å². The van der Waals surface area contributed by atoms with E-state index in [0.717, 1.165) is 65.3 Å². The molecule has 0 radical (unpaired) electrons. The van der Waals surface area contributed by atoms with Gasteiger partial charge in [0.1, 0.15) is 11.6 Å². The molecule has 0 bridgehead atoms. The van der Waals surface area contributed by atoms with Gasteiger partial charge in [-0.05, 0) is 92.9 Å². The van der Waals surface area contributed by atoms with Gasteiger partial charge in [-0.15, -0.1) is 0 Å². The first-order valence-corrected chi connectivity index (χ1v) is 13.5. The summed E-state index contributed by atoms with van der Waals surface area (Å²) in [5, 5.41) is 0. The molecule has 1 saturated heterocycles. The minimum atomic E-state index is 0.0163. The van der Waals surface area contributed by atoms with Crippen molar-refractivity contribution in [3.05, 3.63) is 81.9 Å². The van der Waals surface area contributed by atoms with Gasteiger partial charge in [-0.1, -0.05) is 18.2 Å². The zero-order valence-corrected chi connectivity index (χ0v) is 23.4. The Morgan fingerprint density at radius 1 is 0.872 bits per heavy atom. The molecule has 0 unspecified atom stereocenters. The number of aromatic amines is 1. The number of H-pyrrole nitrogens is 1. The maximum Gasteiger partial charge on any atom is 0.260 e. The molecule has 0 saturated carbocycles. The maximum atomic E-state index is 13.0. The molecule has 7 heteroatoms. The van der Waals surface area contributed by atoms with Gasteiger partial charge in [0.15, 0.2) is 12.4 Å². The van der Waals surface area contributed by atoms with E-state index in [2.05, 4.69) is 42.9 Å². The highest BCUT2D eigenvalue weighted by molar-refractivity contribution is 6.00. The molecule has 39 heavy (non-hydrogen) atoms. The number of hydrogen-bond donors (Lipinski definition) is 1. The van der Waals surface area contributed by atoms with Crippen molar-refractivity contribution in [3.63, 3.8) is 0 Å². The summed E-state index contributed by atoms with van der Waals surface area (Å²) in [5.74, 6) is 1.52. The summed E-state index contributed by atoms with van der Waals surface area (Å²) in [5.41, 5.74) is 8.74. The van der Waals surface area contributed by atoms with E-state index < -0.39 is 0 Å². The van der Waals surface area contributed by atoms with Crippen molar-refractivity contribution in [3.8, 4) is 17.1 Å². The van der Waals surface area contributed by atoms with Crippen LogP contribution in [0.1, 0.15) is 38.2 Å². The van der Waals surface area contributed by atoms with E-state index >= 15 is 0 Å². The normalized spacial score (nSPS) is 14.1. The van der Waals surface area contributed by atoms with E-state index in [1.54, 1.807) is 0 Å². The number of ketones is 1. The Labute approximate surface area is 229 Å². The molecular weight excluding hydrogens is 488 g/mol. The number of carbonyl (C=O) groups excluding carboxylic acids is 2. The number of nitrogens with one attached hydrogen (secondary N) is 1. The van der Waals surface area contributed by atoms with Gasteiger partial charge in [0.25, 0.3) is 5.91 Å². The first-order valence-electron chi connectivity index (χ1n) is 13.5. The fourth-order valence-corrected chi connectivity index (χ4v) is 5.18. The van der Waals surface area contributed by atoms with Crippen LogP contribution >= 0.6 is 0 Å². The number of likely N-dealkylation sites (N-methyl/N-ethyl adjacent to an activating group) is 1. The van der Waals surface area contributed by atoms with Gasteiger partial charge in [0.05, 0.1) is 11.0 Å². The van der Waals surface area contributed by atoms with Gasteiger partial charge in [-0.2, -0.15) is 0 Å². The van der Waals surface area contributed by atoms with Crippen LogP contribution in [-0.2, 0) is 11.2 Å². The Balaban J connectivity index is 1.30. The van der Waals surface area contributed by atoms with Crippen LogP contribution in [0.5, 0.6) is 5.75 Å². The van der Waals surface area contributed by atoms with Gasteiger partial charge < -0.3 is 19.5 Å². The summed E-state index contributed by atoms with van der Waals surface area (Å²) in [4.78, 5) is 37.9. The van der Waals surface area contributed by atoms with E-state index in [0.29, 0.717) is 17.7 Å². The molecule has 7 nitrogen and oxygen atoms in total. The van der Waals surface area contributed by atoms with Crippen LogP contribution in [0.15, 0.2) is 48.5 Å². The number of imidazole rings is 1. The van der Waals surface area contributed by atoms with Crippen LogP contribution in [-0.4, -0.2) is 71.3 Å². The molecule has 0 aliphatic carbocycles. The predicted molar refractivity (Wildman–Crippen MR) is 155 cm³/mol. The smallest absolute Gasteiger partial charge is 0.260 e. The topological polar surface area (TPSA) is 78.5 Å². The number of carbonyl (C=O) groups is 2. The van der Waals surface area contributed by atoms with E-state index in [9.17, 15) is 9.59 Å². The van der Waals surface area contributed by atoms with Crippen LogP contribution in [0.25, 0.3) is 22.4 Å². The molecule has 2 heterocycles. The maximum absolute atomic E-state index is 13.0. The van der Waals surface area contributed by atoms with Crippen molar-refractivity contribution < 1.29 is 14.3 Å². The Hall–Kier alpha value is -3.97. The Morgan fingerprint density at radius 2 is 1.59 bits per heavy atom. The average Bonchev–Trinajstić information content (AvgIpc) is 3.32. The van der Waals surface area contributed by atoms with E-state index in [1.165, 1.54) is 11.1 Å². The fourth-order valence-electron chi connectivity index (χ4n) is 5.18. The molecule has 1 aliphatic heterocycles. The lowest BCUT2D eigenvalue weighted by Gasteiger charge is -2.32. The zero-order valence-electron chi connectivity index (χ0n) is 23.4. The number of amides is 1. The average molecular weight is 525 g/mol. The molecule has 5 rings (SSSR count). The van der Waals surface area contributed by atoms with Crippen LogP contribution in [0.3, 0.4) is 0 Å². The standard InChI is InChI=1S/C32H36N4O3/c1-20-6-7-24(14-21(20)2)17-29(37)25-8-9-27-28(18-25)34-32(33-27)31-22(3)15-26(16-23(31)4)39-19-30(38)36-12-10-35(5)11-13-36/h6-9,14-16,18H,10-13,17,19H2,1-5H3,(H,33,34). The second kappa shape index (κ2) is 11.0. The number of nitrogens with zero attached hydrogens (tertiary/aromatic N) is 3. The van der Waals surface area contributed by atoms with Crippen molar-refractivity contribution in [2.24, 2.45) is 0 Å². The number of aryl methyl sites for hydroxylation is 4. The number of ether oxygens (including phenoxy) is 1. The molecule has 1 aliphatic rings. The third kappa shape index (κ3) is 5.88. The van der Waals surface area contributed by atoms with Crippen molar-refractivity contribution in [2.75, 3.05) is 39.8 Å².